The average molecular weight is 554 g/mol. The molecule has 2 aliphatic heterocycles. The smallest absolute Gasteiger partial charge is 0.410 e. The number of hydrogen-bond donors (Lipinski definition) is 1. The molecule has 1 spiro atoms. The van der Waals surface area contributed by atoms with Crippen LogP contribution < -0.4 is 4.90 Å². The van der Waals surface area contributed by atoms with Crippen molar-refractivity contribution in [2.75, 3.05) is 18.0 Å². The summed E-state index contributed by atoms with van der Waals surface area (Å²) in [5, 5.41) is 10.5. The largest absolute Gasteiger partial charge is 0.444 e. The Balaban J connectivity index is 1.37. The van der Waals surface area contributed by atoms with E-state index in [-0.39, 0.29) is 18.2 Å². The van der Waals surface area contributed by atoms with Gasteiger partial charge in [0.1, 0.15) is 5.60 Å². The molecule has 1 aromatic carbocycles. The van der Waals surface area contributed by atoms with Gasteiger partial charge in [-0.3, -0.25) is 4.98 Å². The van der Waals surface area contributed by atoms with Crippen LogP contribution in [0.3, 0.4) is 0 Å². The van der Waals surface area contributed by atoms with Crippen LogP contribution in [0.25, 0.3) is 21.3 Å². The molecule has 2 fully saturated rings. The van der Waals surface area contributed by atoms with Gasteiger partial charge in [-0.15, -0.1) is 11.3 Å². The third-order valence-corrected chi connectivity index (χ3v) is 9.77. The molecule has 1 unspecified atom stereocenters. The Hall–Kier alpha value is -2.35. The van der Waals surface area contributed by atoms with Crippen molar-refractivity contribution in [2.45, 2.75) is 89.5 Å². The molecular formula is C30H36ClN3O3S. The Morgan fingerprint density at radius 3 is 2.84 bits per heavy atom. The van der Waals surface area contributed by atoms with Gasteiger partial charge in [0.25, 0.3) is 0 Å². The predicted molar refractivity (Wildman–Crippen MR) is 154 cm³/mol. The summed E-state index contributed by atoms with van der Waals surface area (Å²) >= 11 is 8.30. The summed E-state index contributed by atoms with van der Waals surface area (Å²) in [4.78, 5) is 23.3. The van der Waals surface area contributed by atoms with E-state index in [1.165, 1.54) is 11.3 Å². The van der Waals surface area contributed by atoms with Crippen molar-refractivity contribution in [1.29, 1.82) is 0 Å². The van der Waals surface area contributed by atoms with Gasteiger partial charge in [0.15, 0.2) is 0 Å². The van der Waals surface area contributed by atoms with Crippen molar-refractivity contribution in [1.82, 2.24) is 9.88 Å². The quantitative estimate of drug-likeness (QED) is 0.372. The number of carbonyl (C=O) groups excluding carboxylic acids is 1. The number of halogens is 1. The molecule has 6 rings (SSSR count). The van der Waals surface area contributed by atoms with Crippen LogP contribution >= 0.6 is 22.9 Å². The molecule has 3 aliphatic rings. The van der Waals surface area contributed by atoms with E-state index in [0.717, 1.165) is 89.3 Å². The number of likely N-dealkylation sites (tertiary alicyclic amines) is 1. The SMILES string of the molecule is CC(C)(C)OC(=O)N1CCCC12CC[C@@H](N1CCCc3cc(Cl)cc(-c4ccnc5cc(CO)sc45)c31)C2. The predicted octanol–water partition coefficient (Wildman–Crippen LogP) is 7.18. The summed E-state index contributed by atoms with van der Waals surface area (Å²) in [6.45, 7) is 7.61. The van der Waals surface area contributed by atoms with Crippen LogP contribution in [0, 0.1) is 0 Å². The van der Waals surface area contributed by atoms with Gasteiger partial charge in [0.05, 0.1) is 16.8 Å². The van der Waals surface area contributed by atoms with E-state index in [4.69, 9.17) is 16.3 Å². The molecule has 0 radical (unpaired) electrons. The van der Waals surface area contributed by atoms with Crippen molar-refractivity contribution >= 4 is 44.9 Å². The first kappa shape index (κ1) is 25.9. The number of rotatable bonds is 3. The number of anilines is 1. The van der Waals surface area contributed by atoms with Gasteiger partial charge >= 0.3 is 6.09 Å². The Morgan fingerprint density at radius 2 is 2.05 bits per heavy atom. The number of benzene rings is 1. The molecule has 8 heteroatoms. The lowest BCUT2D eigenvalue weighted by molar-refractivity contribution is 0.00857. The first-order chi connectivity index (χ1) is 18.2. The van der Waals surface area contributed by atoms with E-state index in [1.54, 1.807) is 11.3 Å². The van der Waals surface area contributed by atoms with Crippen molar-refractivity contribution in [2.24, 2.45) is 0 Å². The standard InChI is InChI=1S/C30H36ClN3O3S/c1-29(2,3)37-28(36)34-13-5-9-30(34)10-7-21(17-30)33-12-4-6-19-14-20(31)15-24(26(19)33)23-8-11-32-25-16-22(18-35)38-27(23)25/h8,11,14-16,21,35H,4-7,9-10,12-13,17-18H2,1-3H3/t21-,30?/m1/s1. The van der Waals surface area contributed by atoms with E-state index >= 15 is 0 Å². The van der Waals surface area contributed by atoms with Crippen LogP contribution in [0.1, 0.15) is 69.7 Å². The van der Waals surface area contributed by atoms with Crippen molar-refractivity contribution in [3.05, 3.63) is 45.9 Å². The first-order valence-electron chi connectivity index (χ1n) is 13.8. The molecule has 1 saturated carbocycles. The Bertz CT molecular complexity index is 1380. The highest BCUT2D eigenvalue weighted by atomic mass is 35.5. The van der Waals surface area contributed by atoms with Gasteiger partial charge in [-0.25, -0.2) is 4.79 Å². The van der Waals surface area contributed by atoms with Gasteiger partial charge in [-0.1, -0.05) is 11.6 Å². The lowest BCUT2D eigenvalue weighted by Crippen LogP contribution is -2.49. The number of ether oxygens (including phenoxy) is 1. The molecule has 2 atom stereocenters. The highest BCUT2D eigenvalue weighted by Crippen LogP contribution is 2.50. The van der Waals surface area contributed by atoms with Crippen LogP contribution in [0.4, 0.5) is 10.5 Å². The maximum Gasteiger partial charge on any atom is 0.410 e. The zero-order chi connectivity index (χ0) is 26.7. The summed E-state index contributed by atoms with van der Waals surface area (Å²) in [7, 11) is 0. The fourth-order valence-electron chi connectivity index (χ4n) is 6.94. The second-order valence-corrected chi connectivity index (χ2v) is 13.6. The molecule has 4 heterocycles. The number of amides is 1. The number of pyridine rings is 1. The van der Waals surface area contributed by atoms with Gasteiger partial charge in [-0.05, 0) is 95.5 Å². The van der Waals surface area contributed by atoms with Crippen molar-refractivity contribution in [3.63, 3.8) is 0 Å². The lowest BCUT2D eigenvalue weighted by atomic mass is 9.91. The summed E-state index contributed by atoms with van der Waals surface area (Å²) in [6, 6.07) is 8.64. The minimum Gasteiger partial charge on any atom is -0.444 e. The normalized spacial score (nSPS) is 23.4. The van der Waals surface area contributed by atoms with E-state index in [9.17, 15) is 9.90 Å². The van der Waals surface area contributed by atoms with Gasteiger partial charge < -0.3 is 19.6 Å². The summed E-state index contributed by atoms with van der Waals surface area (Å²) in [5.74, 6) is 0. The van der Waals surface area contributed by atoms with Gasteiger partial charge in [-0.2, -0.15) is 0 Å². The van der Waals surface area contributed by atoms with Crippen LogP contribution in [0.15, 0.2) is 30.5 Å². The van der Waals surface area contributed by atoms with Crippen molar-refractivity contribution in [3.8, 4) is 11.1 Å². The molecule has 38 heavy (non-hydrogen) atoms. The second kappa shape index (κ2) is 9.68. The summed E-state index contributed by atoms with van der Waals surface area (Å²) < 4.78 is 6.91. The molecule has 1 saturated heterocycles. The minimum atomic E-state index is -0.494. The van der Waals surface area contributed by atoms with Crippen molar-refractivity contribution < 1.29 is 14.6 Å². The highest BCUT2D eigenvalue weighted by Gasteiger charge is 2.51. The molecule has 1 aliphatic carbocycles. The highest BCUT2D eigenvalue weighted by molar-refractivity contribution is 7.19. The van der Waals surface area contributed by atoms with Crippen LogP contribution in [0.5, 0.6) is 0 Å². The minimum absolute atomic E-state index is 0.0125. The number of thiophene rings is 1. The Morgan fingerprint density at radius 1 is 1.21 bits per heavy atom. The third-order valence-electron chi connectivity index (χ3n) is 8.40. The monoisotopic (exact) mass is 553 g/mol. The number of carbonyl (C=O) groups is 1. The fraction of sp³-hybridized carbons (Fsp3) is 0.533. The molecule has 202 valence electrons. The average Bonchev–Trinajstić information content (AvgIpc) is 3.60. The van der Waals surface area contributed by atoms with E-state index in [1.807, 2.05) is 37.9 Å². The number of aliphatic hydroxyl groups excluding tert-OH is 1. The first-order valence-corrected chi connectivity index (χ1v) is 15.0. The Labute approximate surface area is 233 Å². The topological polar surface area (TPSA) is 65.9 Å². The molecule has 2 aromatic heterocycles. The number of hydrogen-bond acceptors (Lipinski definition) is 6. The molecular weight excluding hydrogens is 518 g/mol. The third kappa shape index (κ3) is 4.56. The van der Waals surface area contributed by atoms with Crippen LogP contribution in [0.2, 0.25) is 5.02 Å². The zero-order valence-corrected chi connectivity index (χ0v) is 24.0. The molecule has 6 nitrogen and oxygen atoms in total. The summed E-state index contributed by atoms with van der Waals surface area (Å²) in [6.07, 6.45) is 8.88. The fourth-order valence-corrected chi connectivity index (χ4v) is 8.18. The zero-order valence-electron chi connectivity index (χ0n) is 22.4. The maximum atomic E-state index is 13.2. The maximum absolute atomic E-state index is 13.2. The number of aliphatic hydroxyl groups is 1. The molecule has 1 N–H and O–H groups in total. The van der Waals surface area contributed by atoms with Crippen LogP contribution in [-0.4, -0.2) is 51.4 Å². The van der Waals surface area contributed by atoms with Gasteiger partial charge in [0.2, 0.25) is 0 Å². The summed E-state index contributed by atoms with van der Waals surface area (Å²) in [5.41, 5.74) is 5.12. The van der Waals surface area contributed by atoms with Gasteiger partial charge in [0, 0.05) is 57.6 Å². The Kier molecular flexibility index (Phi) is 6.60. The van der Waals surface area contributed by atoms with Crippen LogP contribution in [-0.2, 0) is 17.8 Å². The molecule has 3 aromatic rings. The number of aryl methyl sites for hydroxylation is 1. The number of nitrogens with zero attached hydrogens (tertiary/aromatic N) is 3. The van der Waals surface area contributed by atoms with E-state index in [0.29, 0.717) is 6.04 Å². The van der Waals surface area contributed by atoms with E-state index < -0.39 is 5.60 Å². The van der Waals surface area contributed by atoms with E-state index in [2.05, 4.69) is 28.1 Å². The number of fused-ring (bicyclic) bond motifs is 2. The molecule has 1 amide bonds. The molecule has 0 bridgehead atoms. The number of aromatic nitrogens is 1. The second-order valence-electron chi connectivity index (χ2n) is 12.1. The lowest BCUT2D eigenvalue weighted by Gasteiger charge is -2.40.